The first kappa shape index (κ1) is 14.7. The molecular formula is C13H15ClF2O2S. The van der Waals surface area contributed by atoms with Gasteiger partial charge in [0.15, 0.2) is 0 Å². The van der Waals surface area contributed by atoms with Crippen LogP contribution in [0, 0.1) is 0 Å². The van der Waals surface area contributed by atoms with Crippen LogP contribution in [-0.4, -0.2) is 13.7 Å². The molecule has 0 aromatic heterocycles. The van der Waals surface area contributed by atoms with E-state index < -0.39 is 27.4 Å². The van der Waals surface area contributed by atoms with E-state index in [0.29, 0.717) is 17.0 Å². The Kier molecular flexibility index (Phi) is 3.89. The van der Waals surface area contributed by atoms with Gasteiger partial charge >= 0.3 is 5.25 Å². The number of unbranched alkanes of at least 4 members (excludes halogenated alkanes) is 1. The van der Waals surface area contributed by atoms with Gasteiger partial charge in [0.2, 0.25) is 9.84 Å². The molecule has 1 atom stereocenters. The third kappa shape index (κ3) is 2.50. The van der Waals surface area contributed by atoms with Crippen molar-refractivity contribution in [3.8, 4) is 0 Å². The minimum Gasteiger partial charge on any atom is -0.217 e. The Balaban J connectivity index is 2.55. The van der Waals surface area contributed by atoms with Crippen LogP contribution in [0.4, 0.5) is 8.78 Å². The Morgan fingerprint density at radius 3 is 2.74 bits per heavy atom. The van der Waals surface area contributed by atoms with Crippen molar-refractivity contribution in [3.05, 3.63) is 28.8 Å². The van der Waals surface area contributed by atoms with Gasteiger partial charge in [-0.05, 0) is 36.1 Å². The Bertz CT molecular complexity index is 584. The zero-order valence-corrected chi connectivity index (χ0v) is 12.1. The maximum atomic E-state index is 13.8. The lowest BCUT2D eigenvalue weighted by Gasteiger charge is -2.31. The minimum absolute atomic E-state index is 0.269. The van der Waals surface area contributed by atoms with Gasteiger partial charge in [-0.3, -0.25) is 0 Å². The van der Waals surface area contributed by atoms with E-state index in [2.05, 4.69) is 0 Å². The summed E-state index contributed by atoms with van der Waals surface area (Å²) in [7, 11) is -4.59. The average Bonchev–Trinajstić information content (AvgIpc) is 2.32. The predicted octanol–water partition coefficient (Wildman–Crippen LogP) is 4.38. The zero-order chi connectivity index (χ0) is 14.3. The number of hydrogen-bond donors (Lipinski definition) is 0. The van der Waals surface area contributed by atoms with Crippen LogP contribution >= 0.6 is 11.6 Å². The fraction of sp³-hybridized carbons (Fsp3) is 0.538. The van der Waals surface area contributed by atoms with Crippen LogP contribution in [-0.2, 0) is 9.84 Å². The molecule has 0 amide bonds. The lowest BCUT2D eigenvalue weighted by Crippen LogP contribution is -2.36. The van der Waals surface area contributed by atoms with Gasteiger partial charge in [-0.25, -0.2) is 8.42 Å². The Morgan fingerprint density at radius 1 is 1.42 bits per heavy atom. The van der Waals surface area contributed by atoms with E-state index in [4.69, 9.17) is 11.6 Å². The molecule has 106 valence electrons. The summed E-state index contributed by atoms with van der Waals surface area (Å²) in [6.07, 6.45) is 1.56. The van der Waals surface area contributed by atoms with E-state index in [1.54, 1.807) is 0 Å². The summed E-state index contributed by atoms with van der Waals surface area (Å²) in [5, 5.41) is -3.31. The van der Waals surface area contributed by atoms with Gasteiger partial charge in [0, 0.05) is 11.4 Å². The summed E-state index contributed by atoms with van der Waals surface area (Å²) < 4.78 is 51.4. The second kappa shape index (κ2) is 5.02. The number of fused-ring (bicyclic) bond motifs is 1. The standard InChI is InChI=1S/C13H15ClF2O2S/c1-2-3-4-9-8-13(15,16)19(17,18)12-6-5-10(14)7-11(9)12/h5-7,9H,2-4,8H2,1H3. The highest BCUT2D eigenvalue weighted by atomic mass is 35.5. The number of sulfone groups is 1. The van der Waals surface area contributed by atoms with E-state index in [-0.39, 0.29) is 4.90 Å². The van der Waals surface area contributed by atoms with Crippen LogP contribution in [0.2, 0.25) is 5.02 Å². The molecule has 2 nitrogen and oxygen atoms in total. The van der Waals surface area contributed by atoms with Crippen molar-refractivity contribution in [2.24, 2.45) is 0 Å². The molecule has 1 unspecified atom stereocenters. The lowest BCUT2D eigenvalue weighted by molar-refractivity contribution is 0.0675. The van der Waals surface area contributed by atoms with Gasteiger partial charge in [-0.1, -0.05) is 31.4 Å². The van der Waals surface area contributed by atoms with Crippen molar-refractivity contribution < 1.29 is 17.2 Å². The highest BCUT2D eigenvalue weighted by Crippen LogP contribution is 2.47. The number of rotatable bonds is 3. The Morgan fingerprint density at radius 2 is 2.11 bits per heavy atom. The third-order valence-corrected chi connectivity index (χ3v) is 5.62. The molecule has 0 spiro atoms. The van der Waals surface area contributed by atoms with Crippen molar-refractivity contribution in [2.75, 3.05) is 0 Å². The zero-order valence-electron chi connectivity index (χ0n) is 10.5. The molecule has 1 aliphatic heterocycles. The first-order chi connectivity index (χ1) is 8.79. The minimum atomic E-state index is -4.59. The number of hydrogen-bond acceptors (Lipinski definition) is 2. The van der Waals surface area contributed by atoms with E-state index in [1.807, 2.05) is 6.92 Å². The molecule has 2 rings (SSSR count). The normalized spacial score (nSPS) is 23.9. The van der Waals surface area contributed by atoms with Crippen LogP contribution in [0.1, 0.15) is 44.1 Å². The van der Waals surface area contributed by atoms with Crippen molar-refractivity contribution in [1.82, 2.24) is 0 Å². The molecule has 0 saturated carbocycles. The fourth-order valence-corrected chi connectivity index (χ4v) is 4.16. The molecular weight excluding hydrogens is 294 g/mol. The van der Waals surface area contributed by atoms with Gasteiger partial charge in [0.1, 0.15) is 0 Å². The Labute approximate surface area is 116 Å². The third-order valence-electron chi connectivity index (χ3n) is 3.48. The molecule has 1 heterocycles. The molecule has 0 saturated heterocycles. The molecule has 0 aliphatic carbocycles. The lowest BCUT2D eigenvalue weighted by atomic mass is 9.90. The molecule has 0 N–H and O–H groups in total. The molecule has 19 heavy (non-hydrogen) atoms. The SMILES string of the molecule is CCCCC1CC(F)(F)S(=O)(=O)c2ccc(Cl)cc21. The van der Waals surface area contributed by atoms with Gasteiger partial charge in [0.05, 0.1) is 4.90 Å². The predicted molar refractivity (Wildman–Crippen MR) is 70.5 cm³/mol. The first-order valence-corrected chi connectivity index (χ1v) is 8.07. The van der Waals surface area contributed by atoms with E-state index in [0.717, 1.165) is 12.8 Å². The highest BCUT2D eigenvalue weighted by Gasteiger charge is 2.52. The fourth-order valence-electron chi connectivity index (χ4n) is 2.46. The smallest absolute Gasteiger partial charge is 0.217 e. The summed E-state index contributed by atoms with van der Waals surface area (Å²) in [6, 6.07) is 4.04. The molecule has 1 aromatic carbocycles. The van der Waals surface area contributed by atoms with Crippen LogP contribution in [0.25, 0.3) is 0 Å². The number of benzene rings is 1. The molecule has 1 aromatic rings. The van der Waals surface area contributed by atoms with E-state index in [1.165, 1.54) is 18.2 Å². The van der Waals surface area contributed by atoms with Crippen molar-refractivity contribution in [3.63, 3.8) is 0 Å². The van der Waals surface area contributed by atoms with Crippen molar-refractivity contribution in [1.29, 1.82) is 0 Å². The summed E-state index contributed by atoms with van der Waals surface area (Å²) >= 11 is 5.86. The van der Waals surface area contributed by atoms with Gasteiger partial charge in [-0.2, -0.15) is 8.78 Å². The molecule has 0 bridgehead atoms. The van der Waals surface area contributed by atoms with Gasteiger partial charge < -0.3 is 0 Å². The summed E-state index contributed by atoms with van der Waals surface area (Å²) in [5.74, 6) is -0.452. The van der Waals surface area contributed by atoms with E-state index in [9.17, 15) is 17.2 Å². The van der Waals surface area contributed by atoms with Crippen LogP contribution in [0.3, 0.4) is 0 Å². The maximum Gasteiger partial charge on any atom is 0.350 e. The molecule has 1 aliphatic rings. The second-order valence-electron chi connectivity index (χ2n) is 4.87. The van der Waals surface area contributed by atoms with Crippen molar-refractivity contribution in [2.45, 2.75) is 48.7 Å². The maximum absolute atomic E-state index is 13.8. The topological polar surface area (TPSA) is 34.1 Å². The number of alkyl halides is 2. The molecule has 0 fully saturated rings. The van der Waals surface area contributed by atoms with E-state index >= 15 is 0 Å². The van der Waals surface area contributed by atoms with Crippen LogP contribution < -0.4 is 0 Å². The monoisotopic (exact) mass is 308 g/mol. The number of halogens is 3. The first-order valence-electron chi connectivity index (χ1n) is 6.21. The van der Waals surface area contributed by atoms with Crippen LogP contribution in [0.15, 0.2) is 23.1 Å². The largest absolute Gasteiger partial charge is 0.350 e. The second-order valence-corrected chi connectivity index (χ2v) is 7.35. The summed E-state index contributed by atoms with van der Waals surface area (Å²) in [6.45, 7) is 1.97. The van der Waals surface area contributed by atoms with Crippen LogP contribution in [0.5, 0.6) is 0 Å². The quantitative estimate of drug-likeness (QED) is 0.830. The summed E-state index contributed by atoms with van der Waals surface area (Å²) in [4.78, 5) is -0.269. The Hall–Kier alpha value is -0.680. The molecule has 0 radical (unpaired) electrons. The van der Waals surface area contributed by atoms with Gasteiger partial charge in [-0.15, -0.1) is 0 Å². The highest BCUT2D eigenvalue weighted by molar-refractivity contribution is 7.92. The van der Waals surface area contributed by atoms with Crippen molar-refractivity contribution >= 4 is 21.4 Å². The molecule has 6 heteroatoms. The average molecular weight is 309 g/mol. The summed E-state index contributed by atoms with van der Waals surface area (Å²) in [5.41, 5.74) is 0.437. The van der Waals surface area contributed by atoms with Gasteiger partial charge in [0.25, 0.3) is 0 Å².